The highest BCUT2D eigenvalue weighted by Gasteiger charge is 2.38. The molecule has 0 spiro atoms. The molecule has 0 aromatic rings. The molecule has 0 radical (unpaired) electrons. The van der Waals surface area contributed by atoms with E-state index in [1.165, 1.54) is 6.42 Å². The van der Waals surface area contributed by atoms with Crippen molar-refractivity contribution in [2.75, 3.05) is 20.2 Å². The second kappa shape index (κ2) is 16.0. The Morgan fingerprint density at radius 1 is 1.03 bits per heavy atom. The molecule has 35 heavy (non-hydrogen) atoms. The van der Waals surface area contributed by atoms with Crippen molar-refractivity contribution in [3.8, 4) is 0 Å². The van der Waals surface area contributed by atoms with Crippen LogP contribution in [0.25, 0.3) is 0 Å². The van der Waals surface area contributed by atoms with E-state index >= 15 is 0 Å². The highest BCUT2D eigenvalue weighted by atomic mass is 16.5. The molecule has 1 saturated heterocycles. The van der Waals surface area contributed by atoms with Gasteiger partial charge in [-0.2, -0.15) is 0 Å². The van der Waals surface area contributed by atoms with Crippen molar-refractivity contribution in [2.24, 2.45) is 5.92 Å². The molecule has 3 unspecified atom stereocenters. The van der Waals surface area contributed by atoms with Crippen LogP contribution >= 0.6 is 0 Å². The van der Waals surface area contributed by atoms with Gasteiger partial charge in [0, 0.05) is 24.7 Å². The fraction of sp³-hybridized carbons (Fsp3) is 0.821. The van der Waals surface area contributed by atoms with Crippen LogP contribution in [-0.4, -0.2) is 72.0 Å². The van der Waals surface area contributed by atoms with E-state index in [4.69, 9.17) is 4.74 Å². The number of likely N-dealkylation sites (tertiary alicyclic amines) is 1. The molecule has 1 aliphatic carbocycles. The van der Waals surface area contributed by atoms with Crippen LogP contribution in [0.4, 0.5) is 0 Å². The third-order valence-corrected chi connectivity index (χ3v) is 6.99. The van der Waals surface area contributed by atoms with Gasteiger partial charge in [0.15, 0.2) is 0 Å². The zero-order chi connectivity index (χ0) is 26.5. The molecule has 7 nitrogen and oxygen atoms in total. The normalized spacial score (nSPS) is 21.1. The van der Waals surface area contributed by atoms with Crippen molar-refractivity contribution in [1.82, 2.24) is 15.1 Å². The minimum absolute atomic E-state index is 0.0250. The Morgan fingerprint density at radius 2 is 1.60 bits per heavy atom. The summed E-state index contributed by atoms with van der Waals surface area (Å²) < 4.78 is 5.05. The number of hydrogen-bond acceptors (Lipinski definition) is 5. The number of nitrogens with zero attached hydrogens (tertiary/aromatic N) is 2. The van der Waals surface area contributed by atoms with E-state index in [1.54, 1.807) is 31.9 Å². The molecule has 202 valence electrons. The van der Waals surface area contributed by atoms with Crippen molar-refractivity contribution >= 4 is 17.8 Å². The predicted octanol–water partition coefficient (Wildman–Crippen LogP) is 4.70. The molecule has 1 aliphatic heterocycles. The number of rotatable bonds is 9. The van der Waals surface area contributed by atoms with Gasteiger partial charge < -0.3 is 15.0 Å². The maximum Gasteiger partial charge on any atom is 0.333 e. The fourth-order valence-electron chi connectivity index (χ4n) is 4.98. The molecule has 0 aromatic carbocycles. The minimum atomic E-state index is -0.523. The van der Waals surface area contributed by atoms with Crippen molar-refractivity contribution < 1.29 is 19.1 Å². The van der Waals surface area contributed by atoms with E-state index in [2.05, 4.69) is 37.9 Å². The zero-order valence-electron chi connectivity index (χ0n) is 23.6. The molecular formula is C28H51N3O4. The Labute approximate surface area is 214 Å². The average molecular weight is 494 g/mol. The Morgan fingerprint density at radius 3 is 2.14 bits per heavy atom. The van der Waals surface area contributed by atoms with E-state index in [-0.39, 0.29) is 35.8 Å². The first kappa shape index (κ1) is 31.1. The number of likely N-dealkylation sites (N-methyl/N-ethyl adjacent to an activating group) is 1. The van der Waals surface area contributed by atoms with Crippen LogP contribution in [0.2, 0.25) is 0 Å². The third kappa shape index (κ3) is 9.59. The monoisotopic (exact) mass is 493 g/mol. The standard InChI is InChI=1S/C25H43N3O4.C3H8/c1-7-32-25(31)18(4)16-19(5)27(6)24(30)22(20-12-8-9-13-20)26-23(29)21-14-10-11-15-28(21)17(2)3;1-3-2/h16-17,19-22H,7-15H2,1-6H3,(H,26,29);3H2,1-2H3/b18-16+;. The second-order valence-electron chi connectivity index (χ2n) is 10.3. The minimum Gasteiger partial charge on any atom is -0.463 e. The number of amides is 2. The maximum absolute atomic E-state index is 13.5. The topological polar surface area (TPSA) is 79.0 Å². The summed E-state index contributed by atoms with van der Waals surface area (Å²) in [7, 11) is 1.75. The van der Waals surface area contributed by atoms with E-state index in [9.17, 15) is 14.4 Å². The SMILES string of the molecule is CCC.CCOC(=O)/C(C)=C/C(C)N(C)C(=O)C(NC(=O)C1CCCCN1C(C)C)C1CCCC1. The van der Waals surface area contributed by atoms with Gasteiger partial charge in [0.25, 0.3) is 0 Å². The lowest BCUT2D eigenvalue weighted by Gasteiger charge is -2.39. The van der Waals surface area contributed by atoms with Crippen molar-refractivity contribution in [2.45, 2.75) is 124 Å². The molecule has 3 atom stereocenters. The average Bonchev–Trinajstić information content (AvgIpc) is 3.36. The van der Waals surface area contributed by atoms with Crippen LogP contribution in [0.1, 0.15) is 99.8 Å². The largest absolute Gasteiger partial charge is 0.463 e. The molecular weight excluding hydrogens is 442 g/mol. The maximum atomic E-state index is 13.5. The summed E-state index contributed by atoms with van der Waals surface area (Å²) in [6.45, 7) is 15.1. The van der Waals surface area contributed by atoms with E-state index < -0.39 is 6.04 Å². The molecule has 2 amide bonds. The molecule has 1 saturated carbocycles. The lowest BCUT2D eigenvalue weighted by molar-refractivity contribution is -0.140. The Bertz CT molecular complexity index is 700. The first-order valence-electron chi connectivity index (χ1n) is 13.8. The molecule has 2 aliphatic rings. The van der Waals surface area contributed by atoms with Gasteiger partial charge in [0.1, 0.15) is 6.04 Å². The van der Waals surface area contributed by atoms with Crippen LogP contribution < -0.4 is 5.32 Å². The number of carbonyl (C=O) groups is 3. The van der Waals surface area contributed by atoms with Crippen LogP contribution in [0.3, 0.4) is 0 Å². The van der Waals surface area contributed by atoms with Crippen molar-refractivity contribution in [3.05, 3.63) is 11.6 Å². The van der Waals surface area contributed by atoms with Gasteiger partial charge in [-0.3, -0.25) is 14.5 Å². The lowest BCUT2D eigenvalue weighted by atomic mass is 9.94. The molecule has 2 fully saturated rings. The predicted molar refractivity (Wildman–Crippen MR) is 142 cm³/mol. The van der Waals surface area contributed by atoms with Gasteiger partial charge in [0.05, 0.1) is 12.6 Å². The van der Waals surface area contributed by atoms with Gasteiger partial charge >= 0.3 is 5.97 Å². The van der Waals surface area contributed by atoms with Crippen LogP contribution in [-0.2, 0) is 19.1 Å². The van der Waals surface area contributed by atoms with E-state index in [1.807, 2.05) is 6.92 Å². The molecule has 0 bridgehead atoms. The molecule has 2 rings (SSSR count). The zero-order valence-corrected chi connectivity index (χ0v) is 23.6. The highest BCUT2D eigenvalue weighted by Crippen LogP contribution is 2.29. The Kier molecular flexibility index (Phi) is 14.2. The number of hydrogen-bond donors (Lipinski definition) is 1. The van der Waals surface area contributed by atoms with Crippen LogP contribution in [0.15, 0.2) is 11.6 Å². The fourth-order valence-corrected chi connectivity index (χ4v) is 4.98. The summed E-state index contributed by atoms with van der Waals surface area (Å²) >= 11 is 0. The highest BCUT2D eigenvalue weighted by molar-refractivity contribution is 5.91. The van der Waals surface area contributed by atoms with Crippen molar-refractivity contribution in [3.63, 3.8) is 0 Å². The Balaban J connectivity index is 0.00000194. The molecule has 0 aromatic heterocycles. The Hall–Kier alpha value is -1.89. The van der Waals surface area contributed by atoms with Gasteiger partial charge in [-0.25, -0.2) is 4.79 Å². The number of ether oxygens (including phenoxy) is 1. The quantitative estimate of drug-likeness (QED) is 0.372. The third-order valence-electron chi connectivity index (χ3n) is 6.99. The summed E-state index contributed by atoms with van der Waals surface area (Å²) in [4.78, 5) is 42.7. The van der Waals surface area contributed by atoms with E-state index in [0.29, 0.717) is 18.2 Å². The molecule has 7 heteroatoms. The van der Waals surface area contributed by atoms with Gasteiger partial charge in [-0.1, -0.05) is 45.6 Å². The first-order chi connectivity index (χ1) is 16.6. The lowest BCUT2D eigenvalue weighted by Crippen LogP contribution is -2.58. The summed E-state index contributed by atoms with van der Waals surface area (Å²) in [5.74, 6) is -0.320. The summed E-state index contributed by atoms with van der Waals surface area (Å²) in [5, 5.41) is 3.16. The smallest absolute Gasteiger partial charge is 0.333 e. The number of piperidine rings is 1. The number of esters is 1. The second-order valence-corrected chi connectivity index (χ2v) is 10.3. The summed E-state index contributed by atoms with van der Waals surface area (Å²) in [5.41, 5.74) is 0.482. The molecule has 1 N–H and O–H groups in total. The number of nitrogens with one attached hydrogen (secondary N) is 1. The summed E-state index contributed by atoms with van der Waals surface area (Å²) in [6.07, 6.45) is 10.1. The van der Waals surface area contributed by atoms with Gasteiger partial charge in [-0.05, 0) is 72.8 Å². The number of carbonyl (C=O) groups excluding carboxylic acids is 3. The van der Waals surface area contributed by atoms with Gasteiger partial charge in [0.2, 0.25) is 11.8 Å². The van der Waals surface area contributed by atoms with Crippen LogP contribution in [0, 0.1) is 5.92 Å². The first-order valence-corrected chi connectivity index (χ1v) is 13.8. The van der Waals surface area contributed by atoms with E-state index in [0.717, 1.165) is 51.5 Å². The van der Waals surface area contributed by atoms with Crippen molar-refractivity contribution in [1.29, 1.82) is 0 Å². The van der Waals surface area contributed by atoms with Crippen LogP contribution in [0.5, 0.6) is 0 Å². The molecule has 1 heterocycles. The summed E-state index contributed by atoms with van der Waals surface area (Å²) in [6, 6.07) is -0.682. The van der Waals surface area contributed by atoms with Gasteiger partial charge in [-0.15, -0.1) is 0 Å².